The summed E-state index contributed by atoms with van der Waals surface area (Å²) in [5, 5.41) is 10.5. The topological polar surface area (TPSA) is 68.2 Å². The lowest BCUT2D eigenvalue weighted by molar-refractivity contribution is 0.0934. The average molecular weight is 323 g/mol. The van der Waals surface area contributed by atoms with E-state index in [-0.39, 0.29) is 24.4 Å². The predicted octanol–water partition coefficient (Wildman–Crippen LogP) is 1.39. The van der Waals surface area contributed by atoms with Gasteiger partial charge in [0.15, 0.2) is 5.69 Å². The molecule has 6 nitrogen and oxygen atoms in total. The number of nitrogens with zero attached hydrogens (tertiary/aromatic N) is 2. The second kappa shape index (κ2) is 7.29. The van der Waals surface area contributed by atoms with Crippen LogP contribution in [0.25, 0.3) is 5.69 Å². The number of carbonyl (C=O) groups excluding carboxylic acids is 1. The van der Waals surface area contributed by atoms with Gasteiger partial charge < -0.3 is 15.4 Å². The smallest absolute Gasteiger partial charge is 0.272 e. The third kappa shape index (κ3) is 3.58. The van der Waals surface area contributed by atoms with Crippen molar-refractivity contribution in [3.63, 3.8) is 0 Å². The molecule has 0 bridgehead atoms. The lowest BCUT2D eigenvalue weighted by Crippen LogP contribution is -2.36. The van der Waals surface area contributed by atoms with Crippen LogP contribution in [-0.2, 0) is 0 Å². The summed E-state index contributed by atoms with van der Waals surface area (Å²) in [5.74, 6) is 0.661. The molecule has 1 aliphatic heterocycles. The summed E-state index contributed by atoms with van der Waals surface area (Å²) in [4.78, 5) is 12.1. The molecule has 1 aliphatic rings. The van der Waals surface area contributed by atoms with Crippen LogP contribution in [0, 0.1) is 0 Å². The van der Waals surface area contributed by atoms with E-state index in [4.69, 9.17) is 4.74 Å². The molecule has 1 unspecified atom stereocenters. The van der Waals surface area contributed by atoms with Gasteiger partial charge in [0.25, 0.3) is 5.91 Å². The number of hydrogen-bond donors (Lipinski definition) is 2. The van der Waals surface area contributed by atoms with Crippen molar-refractivity contribution < 1.29 is 9.53 Å². The molecule has 22 heavy (non-hydrogen) atoms. The van der Waals surface area contributed by atoms with Crippen molar-refractivity contribution in [1.82, 2.24) is 20.4 Å². The summed E-state index contributed by atoms with van der Waals surface area (Å²) in [7, 11) is 1.63. The maximum Gasteiger partial charge on any atom is 0.272 e. The summed E-state index contributed by atoms with van der Waals surface area (Å²) < 4.78 is 6.80. The Morgan fingerprint density at radius 1 is 1.36 bits per heavy atom. The number of halogens is 1. The van der Waals surface area contributed by atoms with Crippen LogP contribution < -0.4 is 15.4 Å². The van der Waals surface area contributed by atoms with Crippen LogP contribution in [0.5, 0.6) is 5.75 Å². The van der Waals surface area contributed by atoms with Crippen molar-refractivity contribution >= 4 is 18.3 Å². The third-order valence-electron chi connectivity index (χ3n) is 3.55. The Morgan fingerprint density at radius 3 is 2.77 bits per heavy atom. The molecule has 3 rings (SSSR count). The summed E-state index contributed by atoms with van der Waals surface area (Å²) >= 11 is 0. The quantitative estimate of drug-likeness (QED) is 0.892. The Kier molecular flexibility index (Phi) is 5.41. The van der Waals surface area contributed by atoms with E-state index < -0.39 is 0 Å². The Morgan fingerprint density at radius 2 is 2.14 bits per heavy atom. The van der Waals surface area contributed by atoms with Crippen molar-refractivity contribution in [3.8, 4) is 11.4 Å². The number of nitrogens with one attached hydrogen (secondary N) is 2. The molecule has 1 amide bonds. The average Bonchev–Trinajstić information content (AvgIpc) is 3.18. The largest absolute Gasteiger partial charge is 0.497 e. The highest BCUT2D eigenvalue weighted by molar-refractivity contribution is 5.92. The molecule has 1 fully saturated rings. The molecule has 1 atom stereocenters. The predicted molar refractivity (Wildman–Crippen MR) is 86.1 cm³/mol. The lowest BCUT2D eigenvalue weighted by Gasteiger charge is -2.09. The van der Waals surface area contributed by atoms with Gasteiger partial charge >= 0.3 is 0 Å². The third-order valence-corrected chi connectivity index (χ3v) is 3.55. The first kappa shape index (κ1) is 16.3. The number of methoxy groups -OCH3 is 1. The lowest BCUT2D eigenvalue weighted by atomic mass is 10.2. The van der Waals surface area contributed by atoms with Crippen LogP contribution in [0.4, 0.5) is 0 Å². The van der Waals surface area contributed by atoms with E-state index in [1.807, 2.05) is 24.3 Å². The summed E-state index contributed by atoms with van der Waals surface area (Å²) in [6, 6.07) is 9.44. The Bertz CT molecular complexity index is 621. The first-order chi connectivity index (χ1) is 10.3. The summed E-state index contributed by atoms with van der Waals surface area (Å²) in [6.45, 7) is 1.77. The van der Waals surface area contributed by atoms with Crippen LogP contribution in [0.15, 0.2) is 36.5 Å². The van der Waals surface area contributed by atoms with Crippen LogP contribution in [-0.4, -0.2) is 41.9 Å². The van der Waals surface area contributed by atoms with Crippen molar-refractivity contribution in [2.45, 2.75) is 12.5 Å². The van der Waals surface area contributed by atoms with Crippen molar-refractivity contribution in [2.24, 2.45) is 0 Å². The van der Waals surface area contributed by atoms with Gasteiger partial charge in [-0.25, -0.2) is 4.68 Å². The minimum Gasteiger partial charge on any atom is -0.497 e. The van der Waals surface area contributed by atoms with E-state index >= 15 is 0 Å². The number of hydrogen-bond acceptors (Lipinski definition) is 4. The van der Waals surface area contributed by atoms with Gasteiger partial charge in [-0.05, 0) is 43.3 Å². The van der Waals surface area contributed by atoms with Gasteiger partial charge in [0, 0.05) is 18.8 Å². The molecule has 0 saturated carbocycles. The van der Waals surface area contributed by atoms with E-state index in [0.29, 0.717) is 5.69 Å². The molecule has 0 spiro atoms. The molecule has 1 aromatic carbocycles. The molecule has 1 saturated heterocycles. The van der Waals surface area contributed by atoms with E-state index in [1.165, 1.54) is 0 Å². The molecule has 2 heterocycles. The Labute approximate surface area is 135 Å². The normalized spacial score (nSPS) is 16.9. The fourth-order valence-electron chi connectivity index (χ4n) is 2.36. The maximum absolute atomic E-state index is 12.1. The van der Waals surface area contributed by atoms with E-state index in [2.05, 4.69) is 15.7 Å². The van der Waals surface area contributed by atoms with Crippen molar-refractivity contribution in [3.05, 3.63) is 42.2 Å². The standard InChI is InChI=1S/C15H18N4O2.ClH/c1-21-13-4-2-12(3-5-13)19-9-7-14(18-19)15(20)17-11-6-8-16-10-11;/h2-5,7,9,11,16H,6,8,10H2,1H3,(H,17,20);1H. The highest BCUT2D eigenvalue weighted by Crippen LogP contribution is 2.14. The van der Waals surface area contributed by atoms with Gasteiger partial charge in [-0.2, -0.15) is 5.10 Å². The number of benzene rings is 1. The van der Waals surface area contributed by atoms with Crippen LogP contribution >= 0.6 is 12.4 Å². The van der Waals surface area contributed by atoms with E-state index in [1.54, 1.807) is 24.1 Å². The van der Waals surface area contributed by atoms with Gasteiger partial charge in [0.05, 0.1) is 12.8 Å². The van der Waals surface area contributed by atoms with Gasteiger partial charge in [0.1, 0.15) is 5.75 Å². The molecule has 0 radical (unpaired) electrons. The molecule has 1 aromatic heterocycles. The summed E-state index contributed by atoms with van der Waals surface area (Å²) in [6.07, 6.45) is 2.74. The second-order valence-corrected chi connectivity index (χ2v) is 5.01. The summed E-state index contributed by atoms with van der Waals surface area (Å²) in [5.41, 5.74) is 1.31. The van der Waals surface area contributed by atoms with Crippen LogP contribution in [0.3, 0.4) is 0 Å². The van der Waals surface area contributed by atoms with Crippen LogP contribution in [0.2, 0.25) is 0 Å². The maximum atomic E-state index is 12.1. The van der Waals surface area contributed by atoms with Gasteiger partial charge in [-0.1, -0.05) is 0 Å². The number of carbonyl (C=O) groups is 1. The first-order valence-electron chi connectivity index (χ1n) is 6.98. The van der Waals surface area contributed by atoms with Gasteiger partial charge in [-0.15, -0.1) is 12.4 Å². The molecule has 2 aromatic rings. The minimum absolute atomic E-state index is 0. The zero-order valence-corrected chi connectivity index (χ0v) is 13.1. The molecule has 2 N–H and O–H groups in total. The SMILES string of the molecule is COc1ccc(-n2ccc(C(=O)NC3CCNC3)n2)cc1.Cl. The van der Waals surface area contributed by atoms with E-state index in [9.17, 15) is 4.79 Å². The highest BCUT2D eigenvalue weighted by atomic mass is 35.5. The molecule has 0 aliphatic carbocycles. The fraction of sp³-hybridized carbons (Fsp3) is 0.333. The Balaban J connectivity index is 0.00000176. The zero-order valence-electron chi connectivity index (χ0n) is 12.3. The highest BCUT2D eigenvalue weighted by Gasteiger charge is 2.19. The molecular formula is C15H19ClN4O2. The number of aromatic nitrogens is 2. The number of rotatable bonds is 4. The van der Waals surface area contributed by atoms with Crippen LogP contribution in [0.1, 0.15) is 16.9 Å². The van der Waals surface area contributed by atoms with Crippen molar-refractivity contribution in [2.75, 3.05) is 20.2 Å². The number of amides is 1. The minimum atomic E-state index is -0.129. The fourth-order valence-corrected chi connectivity index (χ4v) is 2.36. The van der Waals surface area contributed by atoms with Gasteiger partial charge in [-0.3, -0.25) is 4.79 Å². The first-order valence-corrected chi connectivity index (χ1v) is 6.98. The van der Waals surface area contributed by atoms with Crippen molar-refractivity contribution in [1.29, 1.82) is 0 Å². The zero-order chi connectivity index (χ0) is 14.7. The second-order valence-electron chi connectivity index (χ2n) is 5.01. The molecular weight excluding hydrogens is 304 g/mol. The monoisotopic (exact) mass is 322 g/mol. The van der Waals surface area contributed by atoms with E-state index in [0.717, 1.165) is 30.9 Å². The number of ether oxygens (including phenoxy) is 1. The van der Waals surface area contributed by atoms with Gasteiger partial charge in [0.2, 0.25) is 0 Å². The molecule has 7 heteroatoms. The Hall–Kier alpha value is -2.05. The molecule has 118 valence electrons.